The number of fused-ring (bicyclic) bond motifs is 1. The third-order valence-corrected chi connectivity index (χ3v) is 5.72. The van der Waals surface area contributed by atoms with Crippen molar-refractivity contribution >= 4 is 23.4 Å². The van der Waals surface area contributed by atoms with Crippen molar-refractivity contribution in [1.82, 2.24) is 20.2 Å². The van der Waals surface area contributed by atoms with E-state index in [-0.39, 0.29) is 41.7 Å². The molecule has 0 aliphatic carbocycles. The maximum Gasteiger partial charge on any atom is 0.422 e. The first-order chi connectivity index (χ1) is 15.6. The van der Waals surface area contributed by atoms with Crippen LogP contribution >= 0.6 is 11.6 Å². The van der Waals surface area contributed by atoms with E-state index in [9.17, 15) is 22.8 Å². The van der Waals surface area contributed by atoms with E-state index in [4.69, 9.17) is 16.3 Å². The Morgan fingerprint density at radius 1 is 1.39 bits per heavy atom. The summed E-state index contributed by atoms with van der Waals surface area (Å²) in [6, 6.07) is 2.53. The third kappa shape index (κ3) is 5.19. The fourth-order valence-electron chi connectivity index (χ4n) is 3.63. The van der Waals surface area contributed by atoms with Crippen LogP contribution in [0.2, 0.25) is 5.02 Å². The Kier molecular flexibility index (Phi) is 6.44. The third-order valence-electron chi connectivity index (χ3n) is 5.45. The summed E-state index contributed by atoms with van der Waals surface area (Å²) in [5.41, 5.74) is 2.16. The first-order valence-corrected chi connectivity index (χ1v) is 10.5. The Bertz CT molecular complexity index is 1080. The van der Waals surface area contributed by atoms with Gasteiger partial charge in [-0.1, -0.05) is 11.6 Å². The summed E-state index contributed by atoms with van der Waals surface area (Å²) in [5.74, 6) is -0.786. The number of pyridine rings is 2. The molecule has 8 nitrogen and oxygen atoms in total. The minimum Gasteiger partial charge on any atom is -0.467 e. The highest BCUT2D eigenvalue weighted by Gasteiger charge is 2.35. The van der Waals surface area contributed by atoms with Crippen molar-refractivity contribution in [2.75, 3.05) is 19.8 Å². The molecule has 4 heterocycles. The molecule has 0 spiro atoms. The Balaban J connectivity index is 1.47. The summed E-state index contributed by atoms with van der Waals surface area (Å²) in [7, 11) is 0. The van der Waals surface area contributed by atoms with Crippen molar-refractivity contribution in [2.45, 2.75) is 38.1 Å². The van der Waals surface area contributed by atoms with E-state index < -0.39 is 18.8 Å². The Labute approximate surface area is 192 Å². The predicted octanol–water partition coefficient (Wildman–Crippen LogP) is 2.85. The quantitative estimate of drug-likeness (QED) is 0.649. The van der Waals surface area contributed by atoms with E-state index in [2.05, 4.69) is 20.0 Å². The zero-order valence-electron chi connectivity index (χ0n) is 17.5. The first kappa shape index (κ1) is 23.2. The molecule has 2 aliphatic rings. The van der Waals surface area contributed by atoms with Gasteiger partial charge in [0, 0.05) is 30.1 Å². The van der Waals surface area contributed by atoms with Crippen molar-refractivity contribution in [2.24, 2.45) is 0 Å². The number of halogens is 4. The average molecular weight is 485 g/mol. The van der Waals surface area contributed by atoms with Gasteiger partial charge in [-0.25, -0.2) is 4.98 Å². The molecule has 0 aromatic carbocycles. The lowest BCUT2D eigenvalue weighted by Crippen LogP contribution is -2.49. The lowest BCUT2D eigenvalue weighted by Gasteiger charge is -2.26. The van der Waals surface area contributed by atoms with E-state index in [1.807, 2.05) is 0 Å². The molecule has 1 atom stereocenters. The zero-order valence-corrected chi connectivity index (χ0v) is 18.2. The van der Waals surface area contributed by atoms with Crippen LogP contribution in [0.5, 0.6) is 5.88 Å². The zero-order chi connectivity index (χ0) is 23.8. The summed E-state index contributed by atoms with van der Waals surface area (Å²) < 4.78 is 46.8. The van der Waals surface area contributed by atoms with Crippen LogP contribution in [-0.4, -0.2) is 58.7 Å². The summed E-state index contributed by atoms with van der Waals surface area (Å²) in [6.07, 6.45) is -1.66. The van der Waals surface area contributed by atoms with Crippen LogP contribution < -0.4 is 10.1 Å². The SMILES string of the molecule is CC(c1cnc(OCC(F)(F)F)c(Cl)c1)N1Cc2c(ccnc2CC(=O)NC2COC2)C1=O. The van der Waals surface area contributed by atoms with Gasteiger partial charge < -0.3 is 19.7 Å². The summed E-state index contributed by atoms with van der Waals surface area (Å²) in [5, 5.41) is 2.76. The van der Waals surface area contributed by atoms with Crippen molar-refractivity contribution in [1.29, 1.82) is 0 Å². The molecule has 4 rings (SSSR count). The number of carbonyl (C=O) groups excluding carboxylic acids is 2. The van der Waals surface area contributed by atoms with E-state index in [0.29, 0.717) is 35.6 Å². The van der Waals surface area contributed by atoms with Gasteiger partial charge in [0.1, 0.15) is 5.02 Å². The fraction of sp³-hybridized carbons (Fsp3) is 0.429. The number of ether oxygens (including phenoxy) is 2. The molecule has 1 unspecified atom stereocenters. The van der Waals surface area contributed by atoms with Gasteiger partial charge in [0.05, 0.1) is 37.4 Å². The molecule has 12 heteroatoms. The molecular weight excluding hydrogens is 465 g/mol. The smallest absolute Gasteiger partial charge is 0.422 e. The van der Waals surface area contributed by atoms with Crippen molar-refractivity contribution in [3.8, 4) is 5.88 Å². The van der Waals surface area contributed by atoms with Crippen molar-refractivity contribution in [3.63, 3.8) is 0 Å². The molecule has 2 aromatic rings. The molecule has 176 valence electrons. The highest BCUT2D eigenvalue weighted by atomic mass is 35.5. The van der Waals surface area contributed by atoms with Crippen molar-refractivity contribution < 1.29 is 32.2 Å². The first-order valence-electron chi connectivity index (χ1n) is 10.1. The summed E-state index contributed by atoms with van der Waals surface area (Å²) in [4.78, 5) is 35.1. The lowest BCUT2D eigenvalue weighted by atomic mass is 10.1. The maximum absolute atomic E-state index is 13.0. The second-order valence-electron chi connectivity index (χ2n) is 7.83. The molecule has 1 N–H and O–H groups in total. The number of aromatic nitrogens is 2. The number of nitrogens with zero attached hydrogens (tertiary/aromatic N) is 3. The number of hydrogen-bond donors (Lipinski definition) is 1. The van der Waals surface area contributed by atoms with Crippen LogP contribution in [0.25, 0.3) is 0 Å². The van der Waals surface area contributed by atoms with Gasteiger partial charge in [-0.3, -0.25) is 14.6 Å². The van der Waals surface area contributed by atoms with Gasteiger partial charge in [0.2, 0.25) is 11.8 Å². The Morgan fingerprint density at radius 3 is 2.79 bits per heavy atom. The largest absolute Gasteiger partial charge is 0.467 e. The maximum atomic E-state index is 13.0. The molecule has 0 radical (unpaired) electrons. The van der Waals surface area contributed by atoms with Crippen LogP contribution in [0.1, 0.15) is 40.1 Å². The standard InChI is InChI=1S/C21H20ClF3N4O4/c1-11(12-4-16(22)19(27-6-12)33-10-21(23,24)25)29-7-15-14(20(29)31)2-3-26-17(15)5-18(30)28-13-8-32-9-13/h2-4,6,11,13H,5,7-10H2,1H3,(H,28,30). The van der Waals surface area contributed by atoms with Crippen LogP contribution in [0.4, 0.5) is 13.2 Å². The lowest BCUT2D eigenvalue weighted by molar-refractivity contribution is -0.154. The molecule has 33 heavy (non-hydrogen) atoms. The van der Waals surface area contributed by atoms with E-state index in [1.165, 1.54) is 18.5 Å². The molecule has 1 fully saturated rings. The molecule has 2 aromatic heterocycles. The second-order valence-corrected chi connectivity index (χ2v) is 8.24. The normalized spacial score (nSPS) is 16.9. The highest BCUT2D eigenvalue weighted by Crippen LogP contribution is 2.34. The number of hydrogen-bond acceptors (Lipinski definition) is 6. The highest BCUT2D eigenvalue weighted by molar-refractivity contribution is 6.31. The Hall–Kier alpha value is -2.92. The van der Waals surface area contributed by atoms with Gasteiger partial charge in [0.15, 0.2) is 6.61 Å². The molecular formula is C21H20ClF3N4O4. The van der Waals surface area contributed by atoms with Gasteiger partial charge in [-0.2, -0.15) is 13.2 Å². The van der Waals surface area contributed by atoms with Crippen LogP contribution in [0.3, 0.4) is 0 Å². The van der Waals surface area contributed by atoms with E-state index >= 15 is 0 Å². The van der Waals surface area contributed by atoms with Gasteiger partial charge >= 0.3 is 6.18 Å². The number of alkyl halides is 3. The summed E-state index contributed by atoms with van der Waals surface area (Å²) >= 11 is 6.05. The Morgan fingerprint density at radius 2 is 2.15 bits per heavy atom. The average Bonchev–Trinajstić information content (AvgIpc) is 3.06. The topological polar surface area (TPSA) is 93.7 Å². The molecule has 2 aliphatic heterocycles. The molecule has 2 amide bonds. The number of amides is 2. The van der Waals surface area contributed by atoms with Crippen LogP contribution in [0.15, 0.2) is 24.5 Å². The minimum absolute atomic E-state index is 0.00672. The fourth-order valence-corrected chi connectivity index (χ4v) is 3.86. The minimum atomic E-state index is -4.51. The van der Waals surface area contributed by atoms with Gasteiger partial charge in [-0.15, -0.1) is 0 Å². The number of nitrogens with one attached hydrogen (secondary N) is 1. The van der Waals surface area contributed by atoms with E-state index in [1.54, 1.807) is 17.9 Å². The van der Waals surface area contributed by atoms with E-state index in [0.717, 1.165) is 0 Å². The number of rotatable bonds is 7. The predicted molar refractivity (Wildman–Crippen MR) is 110 cm³/mol. The van der Waals surface area contributed by atoms with Gasteiger partial charge in [-0.05, 0) is 24.6 Å². The van der Waals surface area contributed by atoms with Crippen molar-refractivity contribution in [3.05, 3.63) is 51.9 Å². The van der Waals surface area contributed by atoms with Gasteiger partial charge in [0.25, 0.3) is 5.91 Å². The van der Waals surface area contributed by atoms with Crippen LogP contribution in [0, 0.1) is 0 Å². The molecule has 0 bridgehead atoms. The summed E-state index contributed by atoms with van der Waals surface area (Å²) in [6.45, 7) is 1.43. The van der Waals surface area contributed by atoms with Crippen LogP contribution in [-0.2, 0) is 22.5 Å². The second kappa shape index (κ2) is 9.14. The monoisotopic (exact) mass is 484 g/mol. The molecule has 0 saturated carbocycles. The molecule has 1 saturated heterocycles. The number of carbonyl (C=O) groups is 2.